The van der Waals surface area contributed by atoms with Crippen molar-refractivity contribution in [2.45, 2.75) is 51.7 Å². The smallest absolute Gasteiger partial charge is 0.410 e. The van der Waals surface area contributed by atoms with Crippen molar-refractivity contribution >= 4 is 6.09 Å². The molecule has 0 unspecified atom stereocenters. The van der Waals surface area contributed by atoms with Crippen molar-refractivity contribution in [3.63, 3.8) is 0 Å². The number of piperidine rings is 1. The quantitative estimate of drug-likeness (QED) is 0.743. The fourth-order valence-electron chi connectivity index (χ4n) is 3.61. The zero-order chi connectivity index (χ0) is 15.1. The standard InChI is InChI=1S/C16H28N2O3/c1-15(2,3)21-14(19)17-7-4-16(5-8-17)6-9-18(12-16)13-10-20-11-13/h13H,4-12H2,1-3H3. The Balaban J connectivity index is 1.50. The Kier molecular flexibility index (Phi) is 3.91. The summed E-state index contributed by atoms with van der Waals surface area (Å²) in [5.74, 6) is 0. The molecule has 120 valence electrons. The van der Waals surface area contributed by atoms with Gasteiger partial charge in [-0.3, -0.25) is 4.90 Å². The molecule has 0 aromatic carbocycles. The van der Waals surface area contributed by atoms with E-state index in [1.54, 1.807) is 0 Å². The van der Waals surface area contributed by atoms with Gasteiger partial charge in [-0.2, -0.15) is 0 Å². The lowest BCUT2D eigenvalue weighted by Crippen LogP contribution is -2.50. The molecule has 3 heterocycles. The van der Waals surface area contributed by atoms with E-state index in [-0.39, 0.29) is 6.09 Å². The zero-order valence-electron chi connectivity index (χ0n) is 13.6. The molecule has 0 aliphatic carbocycles. The van der Waals surface area contributed by atoms with Gasteiger partial charge in [0.2, 0.25) is 0 Å². The molecule has 3 aliphatic heterocycles. The third-order valence-electron chi connectivity index (χ3n) is 5.08. The summed E-state index contributed by atoms with van der Waals surface area (Å²) in [5, 5.41) is 0. The third kappa shape index (κ3) is 3.34. The highest BCUT2D eigenvalue weighted by atomic mass is 16.6. The minimum Gasteiger partial charge on any atom is -0.444 e. The normalized spacial score (nSPS) is 26.9. The van der Waals surface area contributed by atoms with Gasteiger partial charge in [-0.25, -0.2) is 4.79 Å². The number of carbonyl (C=O) groups is 1. The molecule has 0 radical (unpaired) electrons. The minimum absolute atomic E-state index is 0.153. The molecule has 5 heteroatoms. The van der Waals surface area contributed by atoms with Crippen LogP contribution in [0.5, 0.6) is 0 Å². The number of hydrogen-bond acceptors (Lipinski definition) is 4. The van der Waals surface area contributed by atoms with Gasteiger partial charge < -0.3 is 14.4 Å². The van der Waals surface area contributed by atoms with Gasteiger partial charge in [0.05, 0.1) is 19.3 Å². The fourth-order valence-corrected chi connectivity index (χ4v) is 3.61. The lowest BCUT2D eigenvalue weighted by molar-refractivity contribution is -0.0620. The highest BCUT2D eigenvalue weighted by Crippen LogP contribution is 2.41. The molecule has 0 saturated carbocycles. The van der Waals surface area contributed by atoms with Gasteiger partial charge in [0.15, 0.2) is 0 Å². The summed E-state index contributed by atoms with van der Waals surface area (Å²) in [7, 11) is 0. The lowest BCUT2D eigenvalue weighted by atomic mass is 9.78. The van der Waals surface area contributed by atoms with Crippen molar-refractivity contribution in [2.24, 2.45) is 5.41 Å². The summed E-state index contributed by atoms with van der Waals surface area (Å²) in [6, 6.07) is 0.647. The number of hydrogen-bond donors (Lipinski definition) is 0. The first kappa shape index (κ1) is 15.1. The molecule has 3 fully saturated rings. The summed E-state index contributed by atoms with van der Waals surface area (Å²) < 4.78 is 10.8. The number of likely N-dealkylation sites (tertiary alicyclic amines) is 2. The SMILES string of the molecule is CC(C)(C)OC(=O)N1CCC2(CC1)CCN(C1COC1)C2. The van der Waals surface area contributed by atoms with Crippen LogP contribution in [-0.2, 0) is 9.47 Å². The topological polar surface area (TPSA) is 42.0 Å². The van der Waals surface area contributed by atoms with Crippen LogP contribution in [0.1, 0.15) is 40.0 Å². The Morgan fingerprint density at radius 1 is 1.14 bits per heavy atom. The first-order chi connectivity index (χ1) is 9.87. The molecule has 5 nitrogen and oxygen atoms in total. The number of rotatable bonds is 1. The first-order valence-corrected chi connectivity index (χ1v) is 8.17. The van der Waals surface area contributed by atoms with E-state index in [9.17, 15) is 4.79 Å². The molecule has 3 rings (SSSR count). The van der Waals surface area contributed by atoms with Crippen LogP contribution in [0.15, 0.2) is 0 Å². The minimum atomic E-state index is -0.402. The summed E-state index contributed by atoms with van der Waals surface area (Å²) >= 11 is 0. The van der Waals surface area contributed by atoms with Crippen LogP contribution in [-0.4, -0.2) is 66.9 Å². The molecule has 21 heavy (non-hydrogen) atoms. The van der Waals surface area contributed by atoms with Crippen molar-refractivity contribution in [3.05, 3.63) is 0 Å². The van der Waals surface area contributed by atoms with Crippen molar-refractivity contribution in [1.82, 2.24) is 9.80 Å². The van der Waals surface area contributed by atoms with Crippen molar-refractivity contribution in [1.29, 1.82) is 0 Å². The van der Waals surface area contributed by atoms with Gasteiger partial charge in [0, 0.05) is 19.6 Å². The van der Waals surface area contributed by atoms with E-state index in [1.165, 1.54) is 19.5 Å². The van der Waals surface area contributed by atoms with Crippen LogP contribution in [0.25, 0.3) is 0 Å². The molecule has 0 bridgehead atoms. The Hall–Kier alpha value is -0.810. The molecule has 0 N–H and O–H groups in total. The number of carbonyl (C=O) groups excluding carboxylic acids is 1. The van der Waals surface area contributed by atoms with E-state index in [0.29, 0.717) is 11.5 Å². The summed E-state index contributed by atoms with van der Waals surface area (Å²) in [5.41, 5.74) is 0.0225. The Morgan fingerprint density at radius 3 is 2.29 bits per heavy atom. The Bertz CT molecular complexity index is 393. The molecule has 3 saturated heterocycles. The maximum Gasteiger partial charge on any atom is 0.410 e. The molecule has 0 aromatic heterocycles. The Morgan fingerprint density at radius 2 is 1.76 bits per heavy atom. The second-order valence-electron chi connectivity index (χ2n) is 7.88. The maximum absolute atomic E-state index is 12.1. The van der Waals surface area contributed by atoms with Crippen LogP contribution in [0, 0.1) is 5.41 Å². The average Bonchev–Trinajstić information content (AvgIpc) is 2.69. The lowest BCUT2D eigenvalue weighted by Gasteiger charge is -2.41. The van der Waals surface area contributed by atoms with E-state index < -0.39 is 5.60 Å². The first-order valence-electron chi connectivity index (χ1n) is 8.17. The second-order valence-corrected chi connectivity index (χ2v) is 7.88. The Labute approximate surface area is 127 Å². The average molecular weight is 296 g/mol. The predicted molar refractivity (Wildman–Crippen MR) is 80.3 cm³/mol. The van der Waals surface area contributed by atoms with Crippen LogP contribution >= 0.6 is 0 Å². The molecule has 1 amide bonds. The van der Waals surface area contributed by atoms with Gasteiger partial charge in [-0.05, 0) is 52.0 Å². The van der Waals surface area contributed by atoms with E-state index >= 15 is 0 Å². The van der Waals surface area contributed by atoms with E-state index in [4.69, 9.17) is 9.47 Å². The molecule has 1 spiro atoms. The highest BCUT2D eigenvalue weighted by molar-refractivity contribution is 5.68. The van der Waals surface area contributed by atoms with Crippen molar-refractivity contribution in [3.8, 4) is 0 Å². The second kappa shape index (κ2) is 5.43. The summed E-state index contributed by atoms with van der Waals surface area (Å²) in [6.45, 7) is 11.6. The summed E-state index contributed by atoms with van der Waals surface area (Å²) in [6.07, 6.45) is 3.33. The maximum atomic E-state index is 12.1. The van der Waals surface area contributed by atoms with Gasteiger partial charge in [0.25, 0.3) is 0 Å². The summed E-state index contributed by atoms with van der Waals surface area (Å²) in [4.78, 5) is 16.6. The van der Waals surface area contributed by atoms with Crippen LogP contribution in [0.2, 0.25) is 0 Å². The fraction of sp³-hybridized carbons (Fsp3) is 0.938. The monoisotopic (exact) mass is 296 g/mol. The zero-order valence-corrected chi connectivity index (χ0v) is 13.6. The van der Waals surface area contributed by atoms with E-state index in [2.05, 4.69) is 4.90 Å². The number of nitrogens with zero attached hydrogens (tertiary/aromatic N) is 2. The largest absolute Gasteiger partial charge is 0.444 e. The third-order valence-corrected chi connectivity index (χ3v) is 5.08. The molecule has 3 aliphatic rings. The van der Waals surface area contributed by atoms with E-state index in [1.807, 2.05) is 25.7 Å². The molecular weight excluding hydrogens is 268 g/mol. The number of amides is 1. The van der Waals surface area contributed by atoms with Crippen LogP contribution in [0.3, 0.4) is 0 Å². The van der Waals surface area contributed by atoms with Crippen LogP contribution < -0.4 is 0 Å². The molecular formula is C16H28N2O3. The van der Waals surface area contributed by atoms with Gasteiger partial charge in [-0.1, -0.05) is 0 Å². The molecule has 0 atom stereocenters. The van der Waals surface area contributed by atoms with Gasteiger partial charge >= 0.3 is 6.09 Å². The molecule has 0 aromatic rings. The predicted octanol–water partition coefficient (Wildman–Crippen LogP) is 2.11. The van der Waals surface area contributed by atoms with Crippen molar-refractivity contribution in [2.75, 3.05) is 39.4 Å². The van der Waals surface area contributed by atoms with Crippen molar-refractivity contribution < 1.29 is 14.3 Å². The van der Waals surface area contributed by atoms with Crippen LogP contribution in [0.4, 0.5) is 4.79 Å². The van der Waals surface area contributed by atoms with Gasteiger partial charge in [0.1, 0.15) is 5.60 Å². The van der Waals surface area contributed by atoms with E-state index in [0.717, 1.165) is 39.1 Å². The number of ether oxygens (including phenoxy) is 2. The van der Waals surface area contributed by atoms with Gasteiger partial charge in [-0.15, -0.1) is 0 Å². The highest BCUT2D eigenvalue weighted by Gasteiger charge is 2.44.